The van der Waals surface area contributed by atoms with E-state index in [4.69, 9.17) is 5.11 Å². The minimum absolute atomic E-state index is 0.0192. The molecular formula is C13H18O3. The van der Waals surface area contributed by atoms with Gasteiger partial charge in [-0.3, -0.25) is 4.79 Å². The van der Waals surface area contributed by atoms with Crippen molar-refractivity contribution < 1.29 is 15.0 Å². The molecule has 0 aromatic heterocycles. The molecule has 0 saturated carbocycles. The van der Waals surface area contributed by atoms with Gasteiger partial charge >= 0.3 is 5.97 Å². The molecule has 1 aromatic rings. The van der Waals surface area contributed by atoms with E-state index < -0.39 is 11.6 Å². The summed E-state index contributed by atoms with van der Waals surface area (Å²) >= 11 is 0. The second kappa shape index (κ2) is 5.12. The number of aliphatic carboxylic acids is 1. The Labute approximate surface area is 95.7 Å². The number of aliphatic hydroxyl groups is 1. The Morgan fingerprint density at radius 2 is 1.88 bits per heavy atom. The van der Waals surface area contributed by atoms with Crippen molar-refractivity contribution in [3.8, 4) is 0 Å². The van der Waals surface area contributed by atoms with Crippen molar-refractivity contribution in [1.29, 1.82) is 0 Å². The molecule has 1 aromatic carbocycles. The number of rotatable bonds is 5. The Bertz CT molecular complexity index is 345. The van der Waals surface area contributed by atoms with E-state index in [9.17, 15) is 9.90 Å². The van der Waals surface area contributed by atoms with Crippen LogP contribution in [0.2, 0.25) is 0 Å². The molecule has 0 heterocycles. The zero-order valence-corrected chi connectivity index (χ0v) is 9.68. The van der Waals surface area contributed by atoms with Crippen molar-refractivity contribution in [1.82, 2.24) is 0 Å². The van der Waals surface area contributed by atoms with Crippen LogP contribution in [0.25, 0.3) is 0 Å². The third-order valence-electron chi connectivity index (χ3n) is 2.95. The van der Waals surface area contributed by atoms with E-state index in [-0.39, 0.29) is 18.8 Å². The van der Waals surface area contributed by atoms with Gasteiger partial charge in [0.15, 0.2) is 0 Å². The molecule has 3 heteroatoms. The highest BCUT2D eigenvalue weighted by Gasteiger charge is 2.33. The summed E-state index contributed by atoms with van der Waals surface area (Å²) in [6.07, 6.45) is 0.216. The van der Waals surface area contributed by atoms with Crippen LogP contribution in [0.3, 0.4) is 0 Å². The van der Waals surface area contributed by atoms with Gasteiger partial charge < -0.3 is 10.2 Å². The highest BCUT2D eigenvalue weighted by Crippen LogP contribution is 2.33. The number of hydrogen-bond donors (Lipinski definition) is 2. The Morgan fingerprint density at radius 3 is 2.31 bits per heavy atom. The third-order valence-corrected chi connectivity index (χ3v) is 2.95. The summed E-state index contributed by atoms with van der Waals surface area (Å²) in [7, 11) is 0. The van der Waals surface area contributed by atoms with E-state index in [1.807, 2.05) is 44.2 Å². The van der Waals surface area contributed by atoms with E-state index in [0.717, 1.165) is 5.56 Å². The molecule has 0 aliphatic heterocycles. The minimum atomic E-state index is -1.06. The lowest BCUT2D eigenvalue weighted by Gasteiger charge is -2.32. The van der Waals surface area contributed by atoms with Crippen LogP contribution in [0.1, 0.15) is 32.3 Å². The quantitative estimate of drug-likeness (QED) is 0.804. The van der Waals surface area contributed by atoms with Crippen LogP contribution in [0, 0.1) is 5.92 Å². The molecule has 0 fully saturated rings. The summed E-state index contributed by atoms with van der Waals surface area (Å²) in [6.45, 7) is 3.80. The minimum Gasteiger partial charge on any atom is -0.481 e. The number of carboxylic acids is 1. The average Bonchev–Trinajstić information content (AvgIpc) is 2.26. The summed E-state index contributed by atoms with van der Waals surface area (Å²) in [6, 6.07) is 9.25. The fraction of sp³-hybridized carbons (Fsp3) is 0.462. The summed E-state index contributed by atoms with van der Waals surface area (Å²) in [5.74, 6) is -0.899. The number of benzene rings is 1. The molecule has 16 heavy (non-hydrogen) atoms. The van der Waals surface area contributed by atoms with Crippen LogP contribution >= 0.6 is 0 Å². The fourth-order valence-corrected chi connectivity index (χ4v) is 1.79. The first-order valence-electron chi connectivity index (χ1n) is 5.46. The van der Waals surface area contributed by atoms with Gasteiger partial charge in [-0.1, -0.05) is 44.2 Å². The predicted molar refractivity (Wildman–Crippen MR) is 62.0 cm³/mol. The maximum absolute atomic E-state index is 10.6. The van der Waals surface area contributed by atoms with Gasteiger partial charge in [-0.15, -0.1) is 0 Å². The topological polar surface area (TPSA) is 57.5 Å². The molecule has 0 saturated heterocycles. The molecule has 0 amide bonds. The van der Waals surface area contributed by atoms with Crippen LogP contribution in [-0.4, -0.2) is 16.2 Å². The van der Waals surface area contributed by atoms with Gasteiger partial charge in [0.05, 0.1) is 5.60 Å². The molecule has 0 bridgehead atoms. The molecule has 0 aliphatic carbocycles. The zero-order valence-electron chi connectivity index (χ0n) is 9.68. The predicted octanol–water partition coefficient (Wildman–Crippen LogP) is 2.40. The summed E-state index contributed by atoms with van der Waals surface area (Å²) < 4.78 is 0. The SMILES string of the molecule is CC(C)C(O)(CCC(=O)O)c1ccccc1. The Hall–Kier alpha value is -1.35. The lowest BCUT2D eigenvalue weighted by molar-refractivity contribution is -0.139. The second-order valence-corrected chi connectivity index (χ2v) is 4.34. The summed E-state index contributed by atoms with van der Waals surface area (Å²) in [5.41, 5.74) is -0.272. The van der Waals surface area contributed by atoms with Gasteiger partial charge in [-0.25, -0.2) is 0 Å². The first kappa shape index (κ1) is 12.7. The van der Waals surface area contributed by atoms with Crippen LogP contribution in [0.4, 0.5) is 0 Å². The van der Waals surface area contributed by atoms with Crippen molar-refractivity contribution in [2.45, 2.75) is 32.3 Å². The van der Waals surface area contributed by atoms with Gasteiger partial charge in [-0.05, 0) is 17.9 Å². The summed E-state index contributed by atoms with van der Waals surface area (Å²) in [4.78, 5) is 10.6. The maximum atomic E-state index is 10.6. The number of carboxylic acid groups (broad SMARTS) is 1. The van der Waals surface area contributed by atoms with Gasteiger partial charge in [0, 0.05) is 6.42 Å². The van der Waals surface area contributed by atoms with E-state index in [1.54, 1.807) is 0 Å². The standard InChI is InChI=1S/C13H18O3/c1-10(2)13(16,9-8-12(14)15)11-6-4-3-5-7-11/h3-7,10,16H,8-9H2,1-2H3,(H,14,15). The third kappa shape index (κ3) is 2.83. The fourth-order valence-electron chi connectivity index (χ4n) is 1.79. The van der Waals surface area contributed by atoms with Crippen LogP contribution in [0.15, 0.2) is 30.3 Å². The van der Waals surface area contributed by atoms with Crippen molar-refractivity contribution in [3.63, 3.8) is 0 Å². The van der Waals surface area contributed by atoms with Gasteiger partial charge in [0.1, 0.15) is 0 Å². The second-order valence-electron chi connectivity index (χ2n) is 4.34. The van der Waals surface area contributed by atoms with Crippen LogP contribution < -0.4 is 0 Å². The molecule has 0 radical (unpaired) electrons. The first-order valence-corrected chi connectivity index (χ1v) is 5.46. The van der Waals surface area contributed by atoms with Gasteiger partial charge in [0.2, 0.25) is 0 Å². The average molecular weight is 222 g/mol. The molecular weight excluding hydrogens is 204 g/mol. The Morgan fingerprint density at radius 1 is 1.31 bits per heavy atom. The van der Waals surface area contributed by atoms with E-state index in [2.05, 4.69) is 0 Å². The number of carbonyl (C=O) groups is 1. The molecule has 88 valence electrons. The van der Waals surface area contributed by atoms with Crippen molar-refractivity contribution in [2.75, 3.05) is 0 Å². The Balaban J connectivity index is 2.93. The molecule has 1 atom stereocenters. The molecule has 3 nitrogen and oxygen atoms in total. The molecule has 2 N–H and O–H groups in total. The molecule has 1 unspecified atom stereocenters. The normalized spacial score (nSPS) is 14.8. The zero-order chi connectivity index (χ0) is 12.2. The lowest BCUT2D eigenvalue weighted by Crippen LogP contribution is -2.32. The van der Waals surface area contributed by atoms with Crippen LogP contribution in [0.5, 0.6) is 0 Å². The monoisotopic (exact) mass is 222 g/mol. The molecule has 0 spiro atoms. The first-order chi connectivity index (χ1) is 7.47. The van der Waals surface area contributed by atoms with Crippen molar-refractivity contribution >= 4 is 5.97 Å². The van der Waals surface area contributed by atoms with E-state index in [1.165, 1.54) is 0 Å². The largest absolute Gasteiger partial charge is 0.481 e. The van der Waals surface area contributed by atoms with Crippen molar-refractivity contribution in [2.24, 2.45) is 5.92 Å². The number of hydrogen-bond acceptors (Lipinski definition) is 2. The maximum Gasteiger partial charge on any atom is 0.303 e. The highest BCUT2D eigenvalue weighted by atomic mass is 16.4. The molecule has 0 aliphatic rings. The van der Waals surface area contributed by atoms with E-state index >= 15 is 0 Å². The van der Waals surface area contributed by atoms with Gasteiger partial charge in [0.25, 0.3) is 0 Å². The molecule has 1 rings (SSSR count). The Kier molecular flexibility index (Phi) is 4.07. The van der Waals surface area contributed by atoms with Crippen LogP contribution in [-0.2, 0) is 10.4 Å². The van der Waals surface area contributed by atoms with Gasteiger partial charge in [-0.2, -0.15) is 0 Å². The smallest absolute Gasteiger partial charge is 0.303 e. The highest BCUT2D eigenvalue weighted by molar-refractivity contribution is 5.66. The lowest BCUT2D eigenvalue weighted by atomic mass is 9.80. The summed E-state index contributed by atoms with van der Waals surface area (Å²) in [5, 5.41) is 19.2. The van der Waals surface area contributed by atoms with E-state index in [0.29, 0.717) is 0 Å². The van der Waals surface area contributed by atoms with Crippen molar-refractivity contribution in [3.05, 3.63) is 35.9 Å².